The Hall–Kier alpha value is -0.840. The van der Waals surface area contributed by atoms with Crippen molar-refractivity contribution in [1.29, 1.82) is 0 Å². The second-order valence-electron chi connectivity index (χ2n) is 4.58. The Kier molecular flexibility index (Phi) is 6.07. The van der Waals surface area contributed by atoms with Gasteiger partial charge in [0.15, 0.2) is 0 Å². The maximum Gasteiger partial charge on any atom is 0.119 e. The van der Waals surface area contributed by atoms with Gasteiger partial charge in [-0.1, -0.05) is 44.0 Å². The quantitative estimate of drug-likeness (QED) is 0.763. The lowest BCUT2D eigenvalue weighted by Crippen LogP contribution is -2.15. The van der Waals surface area contributed by atoms with Gasteiger partial charge < -0.3 is 10.5 Å². The molecular weight excluding hydrogens is 382 g/mol. The largest absolute Gasteiger partial charge is 0.494 e. The molecule has 0 fully saturated rings. The Bertz CT molecular complexity index is 542. The number of halogens is 2. The van der Waals surface area contributed by atoms with E-state index in [4.69, 9.17) is 10.5 Å². The average molecular weight is 399 g/mol. The van der Waals surface area contributed by atoms with Crippen molar-refractivity contribution >= 4 is 31.9 Å². The summed E-state index contributed by atoms with van der Waals surface area (Å²) in [6.07, 6.45) is 0.906. The molecule has 1 unspecified atom stereocenters. The van der Waals surface area contributed by atoms with Crippen LogP contribution in [0.2, 0.25) is 0 Å². The van der Waals surface area contributed by atoms with E-state index >= 15 is 0 Å². The molecule has 0 saturated carbocycles. The number of hydrogen-bond acceptors (Lipinski definition) is 2. The van der Waals surface area contributed by atoms with Gasteiger partial charge in [0.25, 0.3) is 0 Å². The smallest absolute Gasteiger partial charge is 0.119 e. The van der Waals surface area contributed by atoms with Crippen molar-refractivity contribution in [2.45, 2.75) is 12.3 Å². The van der Waals surface area contributed by atoms with Crippen LogP contribution in [0.1, 0.15) is 17.9 Å². The van der Waals surface area contributed by atoms with Gasteiger partial charge in [0, 0.05) is 8.95 Å². The molecule has 20 heavy (non-hydrogen) atoms. The molecule has 4 heteroatoms. The van der Waals surface area contributed by atoms with Crippen LogP contribution in [0.25, 0.3) is 0 Å². The molecule has 0 aliphatic rings. The standard InChI is InChI=1S/C16H17Br2NO/c17-14-4-6-16(7-5-14)20-9-8-13(11-19)12-2-1-3-15(18)10-12/h1-7,10,13H,8-9,11,19H2. The van der Waals surface area contributed by atoms with Gasteiger partial charge in [0.1, 0.15) is 5.75 Å². The number of hydrogen-bond donors (Lipinski definition) is 1. The summed E-state index contributed by atoms with van der Waals surface area (Å²) < 4.78 is 7.90. The predicted octanol–water partition coefficient (Wildman–Crippen LogP) is 4.72. The minimum atomic E-state index is 0.322. The van der Waals surface area contributed by atoms with Crippen LogP contribution in [0.4, 0.5) is 0 Å². The molecule has 0 spiro atoms. The van der Waals surface area contributed by atoms with Gasteiger partial charge in [-0.2, -0.15) is 0 Å². The summed E-state index contributed by atoms with van der Waals surface area (Å²) in [5, 5.41) is 0. The van der Waals surface area contributed by atoms with Gasteiger partial charge in [-0.25, -0.2) is 0 Å². The van der Waals surface area contributed by atoms with E-state index < -0.39 is 0 Å². The molecule has 2 aromatic rings. The highest BCUT2D eigenvalue weighted by Gasteiger charge is 2.10. The van der Waals surface area contributed by atoms with Crippen molar-refractivity contribution in [2.75, 3.05) is 13.2 Å². The van der Waals surface area contributed by atoms with Crippen LogP contribution in [0.5, 0.6) is 5.75 Å². The SMILES string of the molecule is NCC(CCOc1ccc(Br)cc1)c1cccc(Br)c1. The van der Waals surface area contributed by atoms with Crippen molar-refractivity contribution in [3.63, 3.8) is 0 Å². The first-order chi connectivity index (χ1) is 9.69. The van der Waals surface area contributed by atoms with E-state index in [2.05, 4.69) is 44.0 Å². The second kappa shape index (κ2) is 7.81. The molecule has 0 amide bonds. The van der Waals surface area contributed by atoms with E-state index in [1.807, 2.05) is 36.4 Å². The topological polar surface area (TPSA) is 35.2 Å². The predicted molar refractivity (Wildman–Crippen MR) is 90.2 cm³/mol. The average Bonchev–Trinajstić information content (AvgIpc) is 2.45. The fourth-order valence-electron chi connectivity index (χ4n) is 2.03. The van der Waals surface area contributed by atoms with Crippen molar-refractivity contribution in [3.8, 4) is 5.75 Å². The van der Waals surface area contributed by atoms with E-state index in [1.165, 1.54) is 5.56 Å². The van der Waals surface area contributed by atoms with Crippen molar-refractivity contribution < 1.29 is 4.74 Å². The van der Waals surface area contributed by atoms with Crippen LogP contribution in [0, 0.1) is 0 Å². The van der Waals surface area contributed by atoms with Crippen LogP contribution in [-0.2, 0) is 0 Å². The molecule has 106 valence electrons. The lowest BCUT2D eigenvalue weighted by Gasteiger charge is -2.16. The van der Waals surface area contributed by atoms with Gasteiger partial charge in [0.05, 0.1) is 6.61 Å². The zero-order chi connectivity index (χ0) is 14.4. The number of benzene rings is 2. The zero-order valence-electron chi connectivity index (χ0n) is 11.1. The second-order valence-corrected chi connectivity index (χ2v) is 6.41. The van der Waals surface area contributed by atoms with E-state index in [9.17, 15) is 0 Å². The fourth-order valence-corrected chi connectivity index (χ4v) is 2.71. The van der Waals surface area contributed by atoms with Gasteiger partial charge in [-0.3, -0.25) is 0 Å². The monoisotopic (exact) mass is 397 g/mol. The molecule has 0 radical (unpaired) electrons. The van der Waals surface area contributed by atoms with E-state index in [-0.39, 0.29) is 0 Å². The molecule has 0 saturated heterocycles. The number of nitrogens with two attached hydrogens (primary N) is 1. The number of rotatable bonds is 6. The molecule has 0 heterocycles. The van der Waals surface area contributed by atoms with Crippen LogP contribution < -0.4 is 10.5 Å². The van der Waals surface area contributed by atoms with E-state index in [1.54, 1.807) is 0 Å². The van der Waals surface area contributed by atoms with Crippen molar-refractivity contribution in [3.05, 3.63) is 63.0 Å². The highest BCUT2D eigenvalue weighted by molar-refractivity contribution is 9.10. The molecule has 0 aliphatic carbocycles. The summed E-state index contributed by atoms with van der Waals surface area (Å²) in [6, 6.07) is 16.2. The van der Waals surface area contributed by atoms with Gasteiger partial charge in [0.2, 0.25) is 0 Å². The lowest BCUT2D eigenvalue weighted by atomic mass is 9.96. The van der Waals surface area contributed by atoms with Crippen LogP contribution in [0.3, 0.4) is 0 Å². The fraction of sp³-hybridized carbons (Fsp3) is 0.250. The third-order valence-electron chi connectivity index (χ3n) is 3.15. The Labute approximate surface area is 136 Å². The summed E-state index contributed by atoms with van der Waals surface area (Å²) in [5.74, 6) is 1.21. The third kappa shape index (κ3) is 4.62. The molecule has 2 nitrogen and oxygen atoms in total. The molecular formula is C16H17Br2NO. The van der Waals surface area contributed by atoms with Crippen LogP contribution in [0.15, 0.2) is 57.5 Å². The summed E-state index contributed by atoms with van der Waals surface area (Å²) in [6.45, 7) is 1.29. The van der Waals surface area contributed by atoms with Crippen molar-refractivity contribution in [1.82, 2.24) is 0 Å². The summed E-state index contributed by atoms with van der Waals surface area (Å²) >= 11 is 6.90. The minimum absolute atomic E-state index is 0.322. The molecule has 2 rings (SSSR count). The zero-order valence-corrected chi connectivity index (χ0v) is 14.2. The Balaban J connectivity index is 1.89. The normalized spacial score (nSPS) is 12.2. The van der Waals surface area contributed by atoms with Gasteiger partial charge in [-0.15, -0.1) is 0 Å². The van der Waals surface area contributed by atoms with E-state index in [0.717, 1.165) is 21.1 Å². The highest BCUT2D eigenvalue weighted by atomic mass is 79.9. The van der Waals surface area contributed by atoms with Crippen LogP contribution in [-0.4, -0.2) is 13.2 Å². The van der Waals surface area contributed by atoms with Crippen molar-refractivity contribution in [2.24, 2.45) is 5.73 Å². The Morgan fingerprint density at radius 1 is 1.00 bits per heavy atom. The molecule has 2 N–H and O–H groups in total. The first-order valence-electron chi connectivity index (χ1n) is 6.53. The molecule has 2 aromatic carbocycles. The van der Waals surface area contributed by atoms with Crippen LogP contribution >= 0.6 is 31.9 Å². The van der Waals surface area contributed by atoms with E-state index in [0.29, 0.717) is 19.1 Å². The maximum absolute atomic E-state index is 5.88. The Morgan fingerprint density at radius 3 is 2.40 bits per heavy atom. The Morgan fingerprint density at radius 2 is 1.75 bits per heavy atom. The molecule has 0 aliphatic heterocycles. The number of ether oxygens (including phenoxy) is 1. The summed E-state index contributed by atoms with van der Waals surface area (Å²) in [7, 11) is 0. The lowest BCUT2D eigenvalue weighted by molar-refractivity contribution is 0.298. The highest BCUT2D eigenvalue weighted by Crippen LogP contribution is 2.23. The molecule has 1 atom stereocenters. The maximum atomic E-state index is 5.88. The third-order valence-corrected chi connectivity index (χ3v) is 4.18. The first-order valence-corrected chi connectivity index (χ1v) is 8.11. The minimum Gasteiger partial charge on any atom is -0.494 e. The van der Waals surface area contributed by atoms with Gasteiger partial charge in [-0.05, 0) is 60.8 Å². The summed E-state index contributed by atoms with van der Waals surface area (Å²) in [5.41, 5.74) is 7.13. The van der Waals surface area contributed by atoms with Gasteiger partial charge >= 0.3 is 0 Å². The molecule has 0 aromatic heterocycles. The summed E-state index contributed by atoms with van der Waals surface area (Å²) in [4.78, 5) is 0. The first kappa shape index (κ1) is 15.5. The molecule has 0 bridgehead atoms.